The second-order valence-electron chi connectivity index (χ2n) is 8.87. The fourth-order valence-electron chi connectivity index (χ4n) is 3.74. The predicted molar refractivity (Wildman–Crippen MR) is 124 cm³/mol. The Bertz CT molecular complexity index is 1280. The molecule has 0 unspecified atom stereocenters. The highest BCUT2D eigenvalue weighted by Crippen LogP contribution is 2.37. The summed E-state index contributed by atoms with van der Waals surface area (Å²) in [6, 6.07) is 5.60. The van der Waals surface area contributed by atoms with Gasteiger partial charge in [0.25, 0.3) is 0 Å². The third-order valence-electron chi connectivity index (χ3n) is 5.06. The molecule has 8 nitrogen and oxygen atoms in total. The number of hydrogen-bond acceptors (Lipinski definition) is 8. The number of ether oxygens (including phenoxy) is 1. The third kappa shape index (κ3) is 4.77. The molecule has 0 saturated carbocycles. The van der Waals surface area contributed by atoms with Crippen LogP contribution in [0.2, 0.25) is 0 Å². The standard InChI is InChI=1S/C22H26N4O4S2/c1-22(2,3)26-32(28,29)14-10-8-13(9-11-14)21(27)30-12-17-24-19(23)18-15-6-4-5-7-16(15)31-20(18)25-17/h8-11,26H,4-7,12H2,1-3H3,(H2,23,24,25). The van der Waals surface area contributed by atoms with Crippen molar-refractivity contribution in [3.05, 3.63) is 46.1 Å². The van der Waals surface area contributed by atoms with E-state index in [1.54, 1.807) is 32.1 Å². The fourth-order valence-corrected chi connectivity index (χ4v) is 6.45. The van der Waals surface area contributed by atoms with Crippen LogP contribution in [0.25, 0.3) is 10.2 Å². The van der Waals surface area contributed by atoms with E-state index in [1.165, 1.54) is 41.1 Å². The topological polar surface area (TPSA) is 124 Å². The number of carbonyl (C=O) groups is 1. The van der Waals surface area contributed by atoms with Gasteiger partial charge in [-0.25, -0.2) is 27.9 Å². The molecular formula is C22H26N4O4S2. The predicted octanol–water partition coefficient (Wildman–Crippen LogP) is 3.59. The van der Waals surface area contributed by atoms with E-state index < -0.39 is 21.5 Å². The minimum Gasteiger partial charge on any atom is -0.454 e. The molecule has 0 spiro atoms. The number of carbonyl (C=O) groups excluding carboxylic acids is 1. The van der Waals surface area contributed by atoms with Crippen LogP contribution in [-0.2, 0) is 34.2 Å². The highest BCUT2D eigenvalue weighted by atomic mass is 32.2. The molecule has 0 bridgehead atoms. The average molecular weight is 475 g/mol. The molecule has 0 aliphatic heterocycles. The molecule has 32 heavy (non-hydrogen) atoms. The summed E-state index contributed by atoms with van der Waals surface area (Å²) in [6.45, 7) is 5.16. The van der Waals surface area contributed by atoms with Crippen LogP contribution in [0.5, 0.6) is 0 Å². The Balaban J connectivity index is 1.46. The summed E-state index contributed by atoms with van der Waals surface area (Å²) in [7, 11) is -3.68. The van der Waals surface area contributed by atoms with Crippen molar-refractivity contribution in [2.45, 2.75) is 63.5 Å². The SMILES string of the molecule is CC(C)(C)NS(=O)(=O)c1ccc(C(=O)OCc2nc(N)c3c4c(sc3n2)CCCC4)cc1. The fraction of sp³-hybridized carbons (Fsp3) is 0.409. The van der Waals surface area contributed by atoms with Crippen molar-refractivity contribution in [3.8, 4) is 0 Å². The Kier molecular flexibility index (Phi) is 5.95. The monoisotopic (exact) mass is 474 g/mol. The lowest BCUT2D eigenvalue weighted by Crippen LogP contribution is -2.40. The van der Waals surface area contributed by atoms with E-state index in [1.807, 2.05) is 0 Å². The number of rotatable bonds is 5. The third-order valence-corrected chi connectivity index (χ3v) is 8.02. The quantitative estimate of drug-likeness (QED) is 0.542. The molecule has 170 valence electrons. The van der Waals surface area contributed by atoms with Crippen molar-refractivity contribution in [3.63, 3.8) is 0 Å². The number of nitrogens with one attached hydrogen (secondary N) is 1. The number of nitrogens with two attached hydrogens (primary N) is 1. The van der Waals surface area contributed by atoms with Gasteiger partial charge >= 0.3 is 5.97 Å². The Hall–Kier alpha value is -2.56. The molecule has 1 aromatic carbocycles. The summed E-state index contributed by atoms with van der Waals surface area (Å²) in [4.78, 5) is 23.6. The Morgan fingerprint density at radius 3 is 2.53 bits per heavy atom. The van der Waals surface area contributed by atoms with E-state index in [0.717, 1.165) is 29.5 Å². The van der Waals surface area contributed by atoms with E-state index in [9.17, 15) is 13.2 Å². The Morgan fingerprint density at radius 2 is 1.84 bits per heavy atom. The molecule has 3 N–H and O–H groups in total. The van der Waals surface area contributed by atoms with Gasteiger partial charge in [-0.2, -0.15) is 0 Å². The first-order valence-corrected chi connectivity index (χ1v) is 12.7. The molecule has 10 heteroatoms. The first kappa shape index (κ1) is 22.6. The number of thiophene rings is 1. The van der Waals surface area contributed by atoms with Crippen LogP contribution in [0.4, 0.5) is 5.82 Å². The number of fused-ring (bicyclic) bond motifs is 3. The first-order chi connectivity index (χ1) is 15.0. The van der Waals surface area contributed by atoms with Crippen molar-refractivity contribution < 1.29 is 17.9 Å². The van der Waals surface area contributed by atoms with Gasteiger partial charge in [0.1, 0.15) is 10.6 Å². The minimum atomic E-state index is -3.68. The molecule has 0 saturated heterocycles. The molecule has 4 rings (SSSR count). The zero-order valence-electron chi connectivity index (χ0n) is 18.3. The molecule has 3 aromatic rings. The van der Waals surface area contributed by atoms with Crippen molar-refractivity contribution in [1.29, 1.82) is 0 Å². The number of esters is 1. The van der Waals surface area contributed by atoms with Crippen LogP contribution in [0, 0.1) is 0 Å². The van der Waals surface area contributed by atoms with Gasteiger partial charge in [-0.05, 0) is 76.3 Å². The summed E-state index contributed by atoms with van der Waals surface area (Å²) in [5, 5.41) is 0.931. The van der Waals surface area contributed by atoms with E-state index in [-0.39, 0.29) is 17.1 Å². The second-order valence-corrected chi connectivity index (χ2v) is 11.6. The minimum absolute atomic E-state index is 0.0761. The summed E-state index contributed by atoms with van der Waals surface area (Å²) in [6.07, 6.45) is 4.35. The van der Waals surface area contributed by atoms with Crippen molar-refractivity contribution in [2.24, 2.45) is 0 Å². The normalized spacial score (nSPS) is 14.3. The zero-order chi connectivity index (χ0) is 23.1. The van der Waals surface area contributed by atoms with Gasteiger partial charge in [0, 0.05) is 10.4 Å². The van der Waals surface area contributed by atoms with Gasteiger partial charge in [0.15, 0.2) is 12.4 Å². The maximum atomic E-state index is 12.4. The largest absolute Gasteiger partial charge is 0.454 e. The van der Waals surface area contributed by atoms with Gasteiger partial charge in [0.2, 0.25) is 10.0 Å². The molecule has 0 amide bonds. The van der Waals surface area contributed by atoms with E-state index in [2.05, 4.69) is 14.7 Å². The number of anilines is 1. The van der Waals surface area contributed by atoms with Crippen molar-refractivity contribution >= 4 is 43.4 Å². The molecular weight excluding hydrogens is 448 g/mol. The Morgan fingerprint density at radius 1 is 1.16 bits per heavy atom. The molecule has 0 fully saturated rings. The number of aryl methyl sites for hydroxylation is 2. The molecule has 0 atom stereocenters. The molecule has 2 aromatic heterocycles. The number of aromatic nitrogens is 2. The van der Waals surface area contributed by atoms with Gasteiger partial charge in [0.05, 0.1) is 15.8 Å². The molecule has 1 aliphatic rings. The number of sulfonamides is 1. The van der Waals surface area contributed by atoms with Gasteiger partial charge in [-0.15, -0.1) is 11.3 Å². The van der Waals surface area contributed by atoms with Crippen molar-refractivity contribution in [1.82, 2.24) is 14.7 Å². The van der Waals surface area contributed by atoms with Crippen LogP contribution in [0.15, 0.2) is 29.2 Å². The van der Waals surface area contributed by atoms with Crippen LogP contribution < -0.4 is 10.5 Å². The van der Waals surface area contributed by atoms with E-state index >= 15 is 0 Å². The number of benzene rings is 1. The summed E-state index contributed by atoms with van der Waals surface area (Å²) >= 11 is 1.63. The van der Waals surface area contributed by atoms with Gasteiger partial charge in [-0.3, -0.25) is 0 Å². The lowest BCUT2D eigenvalue weighted by Gasteiger charge is -2.20. The maximum Gasteiger partial charge on any atom is 0.338 e. The molecule has 2 heterocycles. The first-order valence-electron chi connectivity index (χ1n) is 10.4. The number of hydrogen-bond donors (Lipinski definition) is 2. The van der Waals surface area contributed by atoms with Crippen LogP contribution in [0.3, 0.4) is 0 Å². The summed E-state index contributed by atoms with van der Waals surface area (Å²) in [5.41, 5.74) is 7.08. The highest BCUT2D eigenvalue weighted by Gasteiger charge is 2.23. The number of nitrogen functional groups attached to an aromatic ring is 1. The zero-order valence-corrected chi connectivity index (χ0v) is 19.9. The summed E-state index contributed by atoms with van der Waals surface area (Å²) in [5.74, 6) is 0.169. The van der Waals surface area contributed by atoms with Crippen LogP contribution in [-0.4, -0.2) is 29.9 Å². The molecule has 0 radical (unpaired) electrons. The maximum absolute atomic E-state index is 12.4. The average Bonchev–Trinajstić information content (AvgIpc) is 3.09. The second kappa shape index (κ2) is 8.42. The highest BCUT2D eigenvalue weighted by molar-refractivity contribution is 7.89. The molecule has 1 aliphatic carbocycles. The van der Waals surface area contributed by atoms with Crippen LogP contribution >= 0.6 is 11.3 Å². The lowest BCUT2D eigenvalue weighted by atomic mass is 9.97. The van der Waals surface area contributed by atoms with Crippen LogP contribution in [0.1, 0.15) is 60.2 Å². The van der Waals surface area contributed by atoms with Gasteiger partial charge in [-0.1, -0.05) is 0 Å². The Labute approximate surface area is 191 Å². The smallest absolute Gasteiger partial charge is 0.338 e. The lowest BCUT2D eigenvalue weighted by molar-refractivity contribution is 0.0462. The van der Waals surface area contributed by atoms with E-state index in [0.29, 0.717) is 11.6 Å². The van der Waals surface area contributed by atoms with E-state index in [4.69, 9.17) is 10.5 Å². The summed E-state index contributed by atoms with van der Waals surface area (Å²) < 4.78 is 32.7. The van der Waals surface area contributed by atoms with Crippen molar-refractivity contribution in [2.75, 3.05) is 5.73 Å². The van der Waals surface area contributed by atoms with Gasteiger partial charge < -0.3 is 10.5 Å². The number of nitrogens with zero attached hydrogens (tertiary/aromatic N) is 2.